The third-order valence-electron chi connectivity index (χ3n) is 4.35. The van der Waals surface area contributed by atoms with E-state index in [9.17, 15) is 4.79 Å². The fourth-order valence-electron chi connectivity index (χ4n) is 2.96. The van der Waals surface area contributed by atoms with Gasteiger partial charge < -0.3 is 10.6 Å². The SMILES string of the molecule is CN(Cc1csnn1)C1CCN(C(=O)c2ccc(N)cc2)CC1. The Bertz CT molecular complexity index is 635. The number of nitrogen functional groups attached to an aromatic ring is 1. The maximum Gasteiger partial charge on any atom is 0.253 e. The first-order chi connectivity index (χ1) is 11.1. The van der Waals surface area contributed by atoms with Crippen molar-refractivity contribution in [3.05, 3.63) is 40.9 Å². The van der Waals surface area contributed by atoms with Crippen LogP contribution in [0, 0.1) is 0 Å². The van der Waals surface area contributed by atoms with Crippen molar-refractivity contribution in [2.24, 2.45) is 0 Å². The van der Waals surface area contributed by atoms with Crippen molar-refractivity contribution in [2.45, 2.75) is 25.4 Å². The van der Waals surface area contributed by atoms with Gasteiger partial charge in [-0.2, -0.15) is 0 Å². The van der Waals surface area contributed by atoms with Gasteiger partial charge in [-0.15, -0.1) is 5.10 Å². The number of rotatable bonds is 4. The quantitative estimate of drug-likeness (QED) is 0.866. The molecule has 1 aromatic heterocycles. The summed E-state index contributed by atoms with van der Waals surface area (Å²) >= 11 is 1.38. The Morgan fingerprint density at radius 1 is 1.35 bits per heavy atom. The highest BCUT2D eigenvalue weighted by molar-refractivity contribution is 7.03. The highest BCUT2D eigenvalue weighted by Gasteiger charge is 2.26. The molecule has 2 aromatic rings. The Morgan fingerprint density at radius 3 is 2.65 bits per heavy atom. The molecule has 2 heterocycles. The van der Waals surface area contributed by atoms with Crippen molar-refractivity contribution in [2.75, 3.05) is 25.9 Å². The van der Waals surface area contributed by atoms with Gasteiger partial charge in [-0.05, 0) is 55.7 Å². The fraction of sp³-hybridized carbons (Fsp3) is 0.438. The smallest absolute Gasteiger partial charge is 0.253 e. The molecule has 0 radical (unpaired) electrons. The Hall–Kier alpha value is -1.99. The van der Waals surface area contributed by atoms with Gasteiger partial charge in [0.25, 0.3) is 5.91 Å². The number of aromatic nitrogens is 2. The van der Waals surface area contributed by atoms with Crippen LogP contribution in [-0.4, -0.2) is 51.5 Å². The number of hydrogen-bond donors (Lipinski definition) is 1. The predicted octanol–water partition coefficient (Wildman–Crippen LogP) is 1.86. The number of nitrogens with two attached hydrogens (primary N) is 1. The van der Waals surface area contributed by atoms with Crippen LogP contribution in [0.2, 0.25) is 0 Å². The molecule has 6 nitrogen and oxygen atoms in total. The number of benzene rings is 1. The molecule has 1 fully saturated rings. The van der Waals surface area contributed by atoms with E-state index in [0.29, 0.717) is 17.3 Å². The molecule has 0 aliphatic carbocycles. The Morgan fingerprint density at radius 2 is 2.04 bits per heavy atom. The third-order valence-corrected chi connectivity index (χ3v) is 4.90. The number of amides is 1. The molecule has 1 amide bonds. The Kier molecular flexibility index (Phi) is 4.88. The van der Waals surface area contributed by atoms with Gasteiger partial charge in [0.05, 0.1) is 5.69 Å². The minimum Gasteiger partial charge on any atom is -0.399 e. The third kappa shape index (κ3) is 3.86. The summed E-state index contributed by atoms with van der Waals surface area (Å²) in [6.45, 7) is 2.38. The highest BCUT2D eigenvalue weighted by atomic mass is 32.1. The molecular weight excluding hydrogens is 310 g/mol. The number of likely N-dealkylation sites (tertiary alicyclic amines) is 1. The molecule has 1 aliphatic rings. The normalized spacial score (nSPS) is 16.0. The van der Waals surface area contributed by atoms with Crippen molar-refractivity contribution in [1.82, 2.24) is 19.4 Å². The van der Waals surface area contributed by atoms with E-state index >= 15 is 0 Å². The molecule has 122 valence electrons. The summed E-state index contributed by atoms with van der Waals surface area (Å²) in [5, 5.41) is 6.08. The Labute approximate surface area is 140 Å². The van der Waals surface area contributed by atoms with Gasteiger partial charge in [0.15, 0.2) is 0 Å². The van der Waals surface area contributed by atoms with E-state index in [1.54, 1.807) is 24.3 Å². The predicted molar refractivity (Wildman–Crippen MR) is 91.2 cm³/mol. The van der Waals surface area contributed by atoms with E-state index in [1.165, 1.54) is 11.5 Å². The number of nitrogens with zero attached hydrogens (tertiary/aromatic N) is 4. The molecule has 1 aromatic carbocycles. The first-order valence-electron chi connectivity index (χ1n) is 7.74. The molecule has 3 rings (SSSR count). The molecule has 0 spiro atoms. The van der Waals surface area contributed by atoms with Gasteiger partial charge in [-0.3, -0.25) is 9.69 Å². The van der Waals surface area contributed by atoms with Gasteiger partial charge >= 0.3 is 0 Å². The van der Waals surface area contributed by atoms with E-state index in [4.69, 9.17) is 5.73 Å². The van der Waals surface area contributed by atoms with Crippen molar-refractivity contribution in [3.63, 3.8) is 0 Å². The van der Waals surface area contributed by atoms with Crippen LogP contribution in [-0.2, 0) is 6.54 Å². The van der Waals surface area contributed by atoms with E-state index in [1.807, 2.05) is 10.3 Å². The second-order valence-electron chi connectivity index (χ2n) is 5.96. The molecule has 0 atom stereocenters. The highest BCUT2D eigenvalue weighted by Crippen LogP contribution is 2.19. The molecule has 2 N–H and O–H groups in total. The number of carbonyl (C=O) groups is 1. The largest absolute Gasteiger partial charge is 0.399 e. The second kappa shape index (κ2) is 7.06. The molecule has 0 unspecified atom stereocenters. The zero-order chi connectivity index (χ0) is 16.2. The summed E-state index contributed by atoms with van der Waals surface area (Å²) in [4.78, 5) is 16.7. The standard InChI is InChI=1S/C16H21N5OS/c1-20(10-14-11-23-19-18-14)15-6-8-21(9-7-15)16(22)12-2-4-13(17)5-3-12/h2-5,11,15H,6-10,17H2,1H3. The van der Waals surface area contributed by atoms with Crippen LogP contribution in [0.5, 0.6) is 0 Å². The lowest BCUT2D eigenvalue weighted by molar-refractivity contribution is 0.0638. The fourth-order valence-corrected chi connectivity index (χ4v) is 3.40. The average molecular weight is 331 g/mol. The van der Waals surface area contributed by atoms with Crippen molar-refractivity contribution in [1.29, 1.82) is 0 Å². The number of hydrogen-bond acceptors (Lipinski definition) is 6. The second-order valence-corrected chi connectivity index (χ2v) is 6.57. The first-order valence-corrected chi connectivity index (χ1v) is 8.58. The van der Waals surface area contributed by atoms with E-state index < -0.39 is 0 Å². The first kappa shape index (κ1) is 15.9. The molecule has 0 saturated carbocycles. The van der Waals surface area contributed by atoms with Gasteiger partial charge in [0.2, 0.25) is 0 Å². The maximum absolute atomic E-state index is 12.5. The van der Waals surface area contributed by atoms with E-state index in [2.05, 4.69) is 21.5 Å². The van der Waals surface area contributed by atoms with Crippen LogP contribution in [0.25, 0.3) is 0 Å². The molecule has 23 heavy (non-hydrogen) atoms. The Balaban J connectivity index is 1.53. The van der Waals surface area contributed by atoms with Gasteiger partial charge in [0.1, 0.15) is 0 Å². The summed E-state index contributed by atoms with van der Waals surface area (Å²) < 4.78 is 3.90. The number of piperidine rings is 1. The van der Waals surface area contributed by atoms with Crippen molar-refractivity contribution in [3.8, 4) is 0 Å². The average Bonchev–Trinajstić information content (AvgIpc) is 3.08. The lowest BCUT2D eigenvalue weighted by Gasteiger charge is -2.36. The lowest BCUT2D eigenvalue weighted by atomic mass is 10.0. The molecular formula is C16H21N5OS. The summed E-state index contributed by atoms with van der Waals surface area (Å²) in [7, 11) is 2.11. The summed E-state index contributed by atoms with van der Waals surface area (Å²) in [6, 6.07) is 7.62. The van der Waals surface area contributed by atoms with Crippen LogP contribution in [0.3, 0.4) is 0 Å². The molecule has 7 heteroatoms. The van der Waals surface area contributed by atoms with Crippen LogP contribution in [0.1, 0.15) is 28.9 Å². The monoisotopic (exact) mass is 331 g/mol. The van der Waals surface area contributed by atoms with E-state index in [-0.39, 0.29) is 5.91 Å². The summed E-state index contributed by atoms with van der Waals surface area (Å²) in [5.41, 5.74) is 8.07. The zero-order valence-electron chi connectivity index (χ0n) is 13.2. The molecule has 1 saturated heterocycles. The minimum absolute atomic E-state index is 0.0924. The van der Waals surface area contributed by atoms with Gasteiger partial charge in [0, 0.05) is 42.3 Å². The van der Waals surface area contributed by atoms with Crippen molar-refractivity contribution >= 4 is 23.1 Å². The summed E-state index contributed by atoms with van der Waals surface area (Å²) in [5.74, 6) is 0.0924. The summed E-state index contributed by atoms with van der Waals surface area (Å²) in [6.07, 6.45) is 1.96. The molecule has 1 aliphatic heterocycles. The van der Waals surface area contributed by atoms with Gasteiger partial charge in [-0.1, -0.05) is 4.49 Å². The maximum atomic E-state index is 12.5. The van der Waals surface area contributed by atoms with Gasteiger partial charge in [-0.25, -0.2) is 0 Å². The molecule has 0 bridgehead atoms. The van der Waals surface area contributed by atoms with Crippen LogP contribution in [0.4, 0.5) is 5.69 Å². The zero-order valence-corrected chi connectivity index (χ0v) is 14.0. The lowest BCUT2D eigenvalue weighted by Crippen LogP contribution is -2.45. The van der Waals surface area contributed by atoms with E-state index in [0.717, 1.165) is 38.2 Å². The van der Waals surface area contributed by atoms with Crippen LogP contribution < -0.4 is 5.73 Å². The van der Waals surface area contributed by atoms with Crippen LogP contribution >= 0.6 is 11.5 Å². The number of anilines is 1. The van der Waals surface area contributed by atoms with Crippen molar-refractivity contribution < 1.29 is 4.79 Å². The minimum atomic E-state index is 0.0924. The topological polar surface area (TPSA) is 75.4 Å². The number of carbonyl (C=O) groups excluding carboxylic acids is 1. The van der Waals surface area contributed by atoms with Crippen LogP contribution in [0.15, 0.2) is 29.6 Å².